The molecule has 0 bridgehead atoms. The van der Waals surface area contributed by atoms with Crippen LogP contribution in [0.1, 0.15) is 34.2 Å². The summed E-state index contributed by atoms with van der Waals surface area (Å²) in [4.78, 5) is 28.7. The Morgan fingerprint density at radius 1 is 1.30 bits per heavy atom. The smallest absolute Gasteiger partial charge is 0.280 e. The fourth-order valence-corrected chi connectivity index (χ4v) is 3.50. The zero-order chi connectivity index (χ0) is 16.2. The SMILES string of the molecule is CC(C)CNC(=O)c1nc2c(s1)CCN(c1ncccn1)CC2. The van der Waals surface area contributed by atoms with E-state index >= 15 is 0 Å². The molecule has 1 amide bonds. The summed E-state index contributed by atoms with van der Waals surface area (Å²) in [5.41, 5.74) is 1.04. The summed E-state index contributed by atoms with van der Waals surface area (Å²) in [5, 5.41) is 3.52. The van der Waals surface area contributed by atoms with Crippen LogP contribution in [0.3, 0.4) is 0 Å². The van der Waals surface area contributed by atoms with E-state index in [4.69, 9.17) is 0 Å². The highest BCUT2D eigenvalue weighted by Crippen LogP contribution is 2.24. The molecule has 7 heteroatoms. The number of carbonyl (C=O) groups is 1. The maximum Gasteiger partial charge on any atom is 0.280 e. The van der Waals surface area contributed by atoms with E-state index in [-0.39, 0.29) is 5.91 Å². The van der Waals surface area contributed by atoms with E-state index in [2.05, 4.69) is 39.0 Å². The normalized spacial score (nSPS) is 14.5. The lowest BCUT2D eigenvalue weighted by Crippen LogP contribution is -2.28. The molecule has 0 saturated carbocycles. The molecule has 2 aromatic heterocycles. The van der Waals surface area contributed by atoms with Crippen molar-refractivity contribution in [3.8, 4) is 0 Å². The first-order valence-corrected chi connectivity index (χ1v) is 8.74. The third-order valence-electron chi connectivity index (χ3n) is 3.71. The van der Waals surface area contributed by atoms with Gasteiger partial charge in [-0.25, -0.2) is 15.0 Å². The van der Waals surface area contributed by atoms with Gasteiger partial charge in [0.05, 0.1) is 5.69 Å². The van der Waals surface area contributed by atoms with E-state index in [0.29, 0.717) is 17.5 Å². The number of fused-ring (bicyclic) bond motifs is 1. The Labute approximate surface area is 140 Å². The standard InChI is InChI=1S/C16H21N5OS/c1-11(2)10-19-14(22)15-20-12-4-8-21(9-5-13(12)23-15)16-17-6-3-7-18-16/h3,6-7,11H,4-5,8-10H2,1-2H3,(H,19,22). The minimum absolute atomic E-state index is 0.0555. The molecule has 0 unspecified atom stereocenters. The van der Waals surface area contributed by atoms with Crippen molar-refractivity contribution in [1.82, 2.24) is 20.3 Å². The molecule has 3 rings (SSSR count). The summed E-state index contributed by atoms with van der Waals surface area (Å²) < 4.78 is 0. The minimum Gasteiger partial charge on any atom is -0.350 e. The van der Waals surface area contributed by atoms with Crippen LogP contribution in [0.4, 0.5) is 5.95 Å². The molecular formula is C16H21N5OS. The lowest BCUT2D eigenvalue weighted by Gasteiger charge is -2.19. The molecule has 122 valence electrons. The van der Waals surface area contributed by atoms with Crippen LogP contribution in [-0.2, 0) is 12.8 Å². The van der Waals surface area contributed by atoms with Gasteiger partial charge in [-0.1, -0.05) is 13.8 Å². The lowest BCUT2D eigenvalue weighted by molar-refractivity contribution is 0.0948. The van der Waals surface area contributed by atoms with E-state index in [0.717, 1.165) is 37.6 Å². The van der Waals surface area contributed by atoms with Gasteiger partial charge in [0.25, 0.3) is 5.91 Å². The Balaban J connectivity index is 1.66. The number of thiazole rings is 1. The van der Waals surface area contributed by atoms with Gasteiger partial charge in [-0.2, -0.15) is 0 Å². The molecule has 23 heavy (non-hydrogen) atoms. The largest absolute Gasteiger partial charge is 0.350 e. The van der Waals surface area contributed by atoms with E-state index in [1.165, 1.54) is 16.2 Å². The molecular weight excluding hydrogens is 310 g/mol. The quantitative estimate of drug-likeness (QED) is 0.927. The Hall–Kier alpha value is -2.02. The van der Waals surface area contributed by atoms with Crippen LogP contribution in [0.2, 0.25) is 0 Å². The van der Waals surface area contributed by atoms with Gasteiger partial charge in [0, 0.05) is 49.7 Å². The summed E-state index contributed by atoms with van der Waals surface area (Å²) in [6.45, 7) is 6.53. The summed E-state index contributed by atoms with van der Waals surface area (Å²) >= 11 is 1.52. The van der Waals surface area contributed by atoms with Crippen LogP contribution in [-0.4, -0.2) is 40.5 Å². The van der Waals surface area contributed by atoms with Gasteiger partial charge in [0.1, 0.15) is 0 Å². The number of nitrogens with zero attached hydrogens (tertiary/aromatic N) is 4. The van der Waals surface area contributed by atoms with Gasteiger partial charge in [0.15, 0.2) is 5.01 Å². The van der Waals surface area contributed by atoms with Crippen molar-refractivity contribution in [3.05, 3.63) is 34.0 Å². The van der Waals surface area contributed by atoms with E-state index in [9.17, 15) is 4.79 Å². The minimum atomic E-state index is -0.0555. The Kier molecular flexibility index (Phi) is 4.85. The summed E-state index contributed by atoms with van der Waals surface area (Å²) in [5.74, 6) is 1.15. The molecule has 1 N–H and O–H groups in total. The van der Waals surface area contributed by atoms with Gasteiger partial charge in [-0.15, -0.1) is 11.3 Å². The number of hydrogen-bond donors (Lipinski definition) is 1. The first-order chi connectivity index (χ1) is 11.1. The molecule has 0 spiro atoms. The van der Waals surface area contributed by atoms with Crippen molar-refractivity contribution < 1.29 is 4.79 Å². The van der Waals surface area contributed by atoms with Crippen molar-refractivity contribution in [2.75, 3.05) is 24.5 Å². The molecule has 0 radical (unpaired) electrons. The summed E-state index contributed by atoms with van der Waals surface area (Å²) in [7, 11) is 0. The number of rotatable bonds is 4. The van der Waals surface area contributed by atoms with Crippen molar-refractivity contribution in [3.63, 3.8) is 0 Å². The van der Waals surface area contributed by atoms with Crippen molar-refractivity contribution in [2.45, 2.75) is 26.7 Å². The molecule has 0 saturated heterocycles. The number of hydrogen-bond acceptors (Lipinski definition) is 6. The zero-order valence-electron chi connectivity index (χ0n) is 13.5. The molecule has 1 aliphatic heterocycles. The van der Waals surface area contributed by atoms with Crippen LogP contribution >= 0.6 is 11.3 Å². The highest BCUT2D eigenvalue weighted by Gasteiger charge is 2.22. The number of aromatic nitrogens is 3. The van der Waals surface area contributed by atoms with E-state index < -0.39 is 0 Å². The van der Waals surface area contributed by atoms with E-state index in [1.54, 1.807) is 12.4 Å². The van der Waals surface area contributed by atoms with E-state index in [1.807, 2.05) is 6.07 Å². The third-order valence-corrected chi connectivity index (χ3v) is 4.86. The third kappa shape index (κ3) is 3.85. The number of carbonyl (C=O) groups excluding carboxylic acids is 1. The second kappa shape index (κ2) is 7.04. The Morgan fingerprint density at radius 2 is 2.04 bits per heavy atom. The van der Waals surface area contributed by atoms with Crippen LogP contribution in [0.5, 0.6) is 0 Å². The summed E-state index contributed by atoms with van der Waals surface area (Å²) in [6, 6.07) is 1.82. The van der Waals surface area contributed by atoms with Crippen LogP contribution in [0, 0.1) is 5.92 Å². The molecule has 3 heterocycles. The van der Waals surface area contributed by atoms with Gasteiger partial charge in [0.2, 0.25) is 5.95 Å². The molecule has 1 aliphatic rings. The molecule has 0 atom stereocenters. The van der Waals surface area contributed by atoms with Crippen molar-refractivity contribution in [1.29, 1.82) is 0 Å². The number of amides is 1. The average Bonchev–Trinajstić information content (AvgIpc) is 2.87. The van der Waals surface area contributed by atoms with Crippen LogP contribution in [0.15, 0.2) is 18.5 Å². The zero-order valence-corrected chi connectivity index (χ0v) is 14.3. The first kappa shape index (κ1) is 15.9. The predicted octanol–water partition coefficient (Wildman–Crippen LogP) is 1.92. The highest BCUT2D eigenvalue weighted by atomic mass is 32.1. The molecule has 0 aliphatic carbocycles. The predicted molar refractivity (Wildman–Crippen MR) is 90.9 cm³/mol. The number of nitrogens with one attached hydrogen (secondary N) is 1. The highest BCUT2D eigenvalue weighted by molar-refractivity contribution is 7.13. The van der Waals surface area contributed by atoms with Gasteiger partial charge in [-0.3, -0.25) is 4.79 Å². The first-order valence-electron chi connectivity index (χ1n) is 7.92. The van der Waals surface area contributed by atoms with Crippen LogP contribution in [0.25, 0.3) is 0 Å². The van der Waals surface area contributed by atoms with Crippen LogP contribution < -0.4 is 10.2 Å². The van der Waals surface area contributed by atoms with Crippen molar-refractivity contribution in [2.24, 2.45) is 5.92 Å². The maximum absolute atomic E-state index is 12.1. The fraction of sp³-hybridized carbons (Fsp3) is 0.500. The van der Waals surface area contributed by atoms with Crippen molar-refractivity contribution >= 4 is 23.2 Å². The lowest BCUT2D eigenvalue weighted by atomic mass is 10.2. The van der Waals surface area contributed by atoms with Gasteiger partial charge in [-0.05, 0) is 12.0 Å². The van der Waals surface area contributed by atoms with Gasteiger partial charge >= 0.3 is 0 Å². The molecule has 0 fully saturated rings. The molecule has 2 aromatic rings. The average molecular weight is 331 g/mol. The monoisotopic (exact) mass is 331 g/mol. The maximum atomic E-state index is 12.1. The Morgan fingerprint density at radius 3 is 2.78 bits per heavy atom. The fourth-order valence-electron chi connectivity index (χ4n) is 2.49. The number of anilines is 1. The summed E-state index contributed by atoms with van der Waals surface area (Å²) in [6.07, 6.45) is 5.22. The molecule has 6 nitrogen and oxygen atoms in total. The second-order valence-electron chi connectivity index (χ2n) is 6.03. The molecule has 0 aromatic carbocycles. The van der Waals surface area contributed by atoms with Gasteiger partial charge < -0.3 is 10.2 Å². The topological polar surface area (TPSA) is 71.0 Å². The second-order valence-corrected chi connectivity index (χ2v) is 7.11. The Bertz CT molecular complexity index is 645.